The first kappa shape index (κ1) is 13.4. The summed E-state index contributed by atoms with van der Waals surface area (Å²) in [6, 6.07) is 19.2. The number of hydrogen-bond donors (Lipinski definition) is 0. The minimum Gasteiger partial charge on any atom is -0.493 e. The van der Waals surface area contributed by atoms with Crippen LogP contribution < -0.4 is 4.74 Å². The summed E-state index contributed by atoms with van der Waals surface area (Å²) in [5.74, 6) is 3.11. The minimum absolute atomic E-state index is 0.442. The molecule has 2 aromatic carbocycles. The third-order valence-electron chi connectivity index (χ3n) is 4.06. The predicted molar refractivity (Wildman–Crippen MR) is 92.6 cm³/mol. The minimum atomic E-state index is 0.442. The molecule has 2 heterocycles. The zero-order chi connectivity index (χ0) is 14.1. The number of benzene rings is 2. The van der Waals surface area contributed by atoms with Crippen LogP contribution in [0.4, 0.5) is 0 Å². The van der Waals surface area contributed by atoms with Crippen LogP contribution in [-0.4, -0.2) is 12.4 Å². The molecule has 0 saturated carbocycles. The van der Waals surface area contributed by atoms with E-state index in [1.54, 1.807) is 0 Å². The summed E-state index contributed by atoms with van der Waals surface area (Å²) in [5, 5.41) is 0. The van der Waals surface area contributed by atoms with Crippen molar-refractivity contribution in [1.29, 1.82) is 0 Å². The molecule has 0 N–H and O–H groups in total. The predicted octanol–water partition coefficient (Wildman–Crippen LogP) is 5.21. The molecule has 4 rings (SSSR count). The second-order valence-corrected chi connectivity index (χ2v) is 7.79. The highest BCUT2D eigenvalue weighted by Gasteiger charge is 2.29. The molecule has 2 aliphatic rings. The third-order valence-corrected chi connectivity index (χ3v) is 6.58. The molecule has 106 valence electrons. The Bertz CT molecular complexity index is 666. The van der Waals surface area contributed by atoms with E-state index in [-0.39, 0.29) is 0 Å². The van der Waals surface area contributed by atoms with E-state index in [1.165, 1.54) is 16.0 Å². The first-order chi connectivity index (χ1) is 10.4. The van der Waals surface area contributed by atoms with Gasteiger partial charge < -0.3 is 4.74 Å². The van der Waals surface area contributed by atoms with Crippen LogP contribution in [-0.2, 0) is 0 Å². The van der Waals surface area contributed by atoms with Gasteiger partial charge in [-0.25, -0.2) is 0 Å². The van der Waals surface area contributed by atoms with Crippen molar-refractivity contribution in [3.8, 4) is 5.75 Å². The number of para-hydroxylation sites is 1. The molecule has 0 amide bonds. The fourth-order valence-electron chi connectivity index (χ4n) is 2.94. The van der Waals surface area contributed by atoms with Crippen LogP contribution in [0, 0.1) is 5.92 Å². The molecule has 0 fully saturated rings. The Balaban J connectivity index is 1.84. The van der Waals surface area contributed by atoms with Crippen LogP contribution in [0.2, 0.25) is 0 Å². The zero-order valence-corrected chi connectivity index (χ0v) is 13.2. The lowest BCUT2D eigenvalue weighted by Gasteiger charge is -2.26. The number of hydrogen-bond acceptors (Lipinski definition) is 3. The highest BCUT2D eigenvalue weighted by atomic mass is 33.1. The molecule has 3 heteroatoms. The van der Waals surface area contributed by atoms with Gasteiger partial charge in [-0.3, -0.25) is 0 Å². The molecule has 2 bridgehead atoms. The maximum absolute atomic E-state index is 6.13. The zero-order valence-electron chi connectivity index (χ0n) is 11.6. The first-order valence-corrected chi connectivity index (χ1v) is 9.52. The normalized spacial score (nSPS) is 24.1. The van der Waals surface area contributed by atoms with E-state index in [4.69, 9.17) is 4.74 Å². The monoisotopic (exact) mass is 312 g/mol. The molecule has 0 spiro atoms. The van der Waals surface area contributed by atoms with Gasteiger partial charge in [-0.2, -0.15) is 0 Å². The average molecular weight is 312 g/mol. The van der Waals surface area contributed by atoms with Crippen molar-refractivity contribution in [3.05, 3.63) is 71.8 Å². The van der Waals surface area contributed by atoms with E-state index in [0.29, 0.717) is 11.8 Å². The van der Waals surface area contributed by atoms with Gasteiger partial charge in [0.15, 0.2) is 0 Å². The molecule has 21 heavy (non-hydrogen) atoms. The summed E-state index contributed by atoms with van der Waals surface area (Å²) in [5.41, 5.74) is 2.63. The number of fused-ring (bicyclic) bond motifs is 4. The smallest absolute Gasteiger partial charge is 0.127 e. The molecule has 1 nitrogen and oxygen atoms in total. The highest BCUT2D eigenvalue weighted by molar-refractivity contribution is 8.80. The van der Waals surface area contributed by atoms with Gasteiger partial charge in [-0.1, -0.05) is 76.2 Å². The molecule has 2 aliphatic heterocycles. The van der Waals surface area contributed by atoms with E-state index in [2.05, 4.69) is 60.7 Å². The van der Waals surface area contributed by atoms with Gasteiger partial charge in [0.05, 0.1) is 6.61 Å². The van der Waals surface area contributed by atoms with Gasteiger partial charge in [0, 0.05) is 28.1 Å². The number of rotatable bonds is 1. The summed E-state index contributed by atoms with van der Waals surface area (Å²) in [6.45, 7) is 0.786. The molecule has 2 aromatic rings. The van der Waals surface area contributed by atoms with Crippen molar-refractivity contribution in [2.24, 2.45) is 5.92 Å². The summed E-state index contributed by atoms with van der Waals surface area (Å²) in [6.07, 6.45) is 2.45. The van der Waals surface area contributed by atoms with Crippen molar-refractivity contribution in [2.45, 2.75) is 5.92 Å². The highest BCUT2D eigenvalue weighted by Crippen LogP contribution is 2.49. The van der Waals surface area contributed by atoms with E-state index >= 15 is 0 Å². The van der Waals surface area contributed by atoms with Gasteiger partial charge in [0.1, 0.15) is 5.75 Å². The standard InChI is InChI=1S/C18H16OS2/c1-2-6-13(7-3-1)16-10-18-15-8-4-5-9-17(15)19-11-14(16)12-20-21-18/h1-10,14,16H,11-12H2/t14?,16-/m0/s1. The van der Waals surface area contributed by atoms with Gasteiger partial charge in [0.25, 0.3) is 0 Å². The number of ether oxygens (including phenoxy) is 1. The van der Waals surface area contributed by atoms with Crippen LogP contribution in [0.5, 0.6) is 5.75 Å². The third kappa shape index (κ3) is 2.60. The maximum Gasteiger partial charge on any atom is 0.127 e. The molecule has 0 saturated heterocycles. The van der Waals surface area contributed by atoms with E-state index in [1.807, 2.05) is 21.6 Å². The Kier molecular flexibility index (Phi) is 3.70. The molecule has 0 aromatic heterocycles. The second-order valence-electron chi connectivity index (χ2n) is 5.40. The fourth-order valence-corrected chi connectivity index (χ4v) is 5.62. The fraction of sp³-hybridized carbons (Fsp3) is 0.222. The lowest BCUT2D eigenvalue weighted by molar-refractivity contribution is 0.250. The van der Waals surface area contributed by atoms with Crippen molar-refractivity contribution in [2.75, 3.05) is 12.4 Å². The van der Waals surface area contributed by atoms with Gasteiger partial charge in [-0.15, -0.1) is 0 Å². The molecule has 0 radical (unpaired) electrons. The Morgan fingerprint density at radius 3 is 2.67 bits per heavy atom. The van der Waals surface area contributed by atoms with E-state index < -0.39 is 0 Å². The Labute approximate surface area is 133 Å². The van der Waals surface area contributed by atoms with Crippen molar-refractivity contribution >= 4 is 26.5 Å². The second kappa shape index (κ2) is 5.82. The van der Waals surface area contributed by atoms with Gasteiger partial charge >= 0.3 is 0 Å². The summed E-state index contributed by atoms with van der Waals surface area (Å²) < 4.78 is 6.13. The SMILES string of the molecule is C1=C2SSCC(COc3ccccc32)[C@@H]1c1ccccc1. The van der Waals surface area contributed by atoms with Crippen LogP contribution >= 0.6 is 21.6 Å². The molecule has 2 atom stereocenters. The Morgan fingerprint density at radius 2 is 1.76 bits per heavy atom. The van der Waals surface area contributed by atoms with Crippen LogP contribution in [0.3, 0.4) is 0 Å². The van der Waals surface area contributed by atoms with E-state index in [0.717, 1.165) is 18.1 Å². The molecule has 0 aliphatic carbocycles. The molecular formula is C18H16OS2. The quantitative estimate of drug-likeness (QED) is 0.669. The largest absolute Gasteiger partial charge is 0.493 e. The molecule has 1 unspecified atom stereocenters. The molecular weight excluding hydrogens is 296 g/mol. The Morgan fingerprint density at radius 1 is 0.952 bits per heavy atom. The Hall–Kier alpha value is -1.32. The summed E-state index contributed by atoms with van der Waals surface area (Å²) in [7, 11) is 3.84. The van der Waals surface area contributed by atoms with Crippen LogP contribution in [0.15, 0.2) is 60.7 Å². The van der Waals surface area contributed by atoms with Crippen molar-refractivity contribution in [1.82, 2.24) is 0 Å². The maximum atomic E-state index is 6.13. The van der Waals surface area contributed by atoms with Gasteiger partial charge in [-0.05, 0) is 11.6 Å². The van der Waals surface area contributed by atoms with Crippen molar-refractivity contribution < 1.29 is 4.74 Å². The average Bonchev–Trinajstić information content (AvgIpc) is 2.70. The lowest BCUT2D eigenvalue weighted by Crippen LogP contribution is -2.22. The van der Waals surface area contributed by atoms with Gasteiger partial charge in [0.2, 0.25) is 0 Å². The summed E-state index contributed by atoms with van der Waals surface area (Å²) >= 11 is 0. The van der Waals surface area contributed by atoms with Crippen LogP contribution in [0.25, 0.3) is 4.91 Å². The van der Waals surface area contributed by atoms with E-state index in [9.17, 15) is 0 Å². The van der Waals surface area contributed by atoms with Crippen molar-refractivity contribution in [3.63, 3.8) is 0 Å². The summed E-state index contributed by atoms with van der Waals surface area (Å²) in [4.78, 5) is 1.34. The first-order valence-electron chi connectivity index (χ1n) is 7.20. The van der Waals surface area contributed by atoms with Crippen LogP contribution in [0.1, 0.15) is 17.0 Å². The topological polar surface area (TPSA) is 9.23 Å². The number of allylic oxidation sites excluding steroid dienone is 1. The lowest BCUT2D eigenvalue weighted by atomic mass is 9.86.